The van der Waals surface area contributed by atoms with Crippen LogP contribution < -0.4 is 10.1 Å². The summed E-state index contributed by atoms with van der Waals surface area (Å²) in [5, 5.41) is 6.71. The number of aryl methyl sites for hydroxylation is 2. The molecule has 0 spiro atoms. The van der Waals surface area contributed by atoms with Crippen LogP contribution in [0, 0.1) is 6.92 Å². The van der Waals surface area contributed by atoms with Gasteiger partial charge in [-0.3, -0.25) is 4.79 Å². The Morgan fingerprint density at radius 3 is 2.58 bits per heavy atom. The fourth-order valence-electron chi connectivity index (χ4n) is 2.19. The predicted octanol–water partition coefficient (Wildman–Crippen LogP) is 3.38. The second-order valence-corrected chi connectivity index (χ2v) is 5.03. The summed E-state index contributed by atoms with van der Waals surface area (Å²) in [4.78, 5) is 20.4. The second-order valence-electron chi connectivity index (χ2n) is 5.03. The van der Waals surface area contributed by atoms with E-state index in [2.05, 4.69) is 20.4 Å². The Hall–Kier alpha value is -3.22. The van der Waals surface area contributed by atoms with E-state index in [-0.39, 0.29) is 11.9 Å². The molecule has 0 aliphatic rings. The van der Waals surface area contributed by atoms with Gasteiger partial charge in [0, 0.05) is 18.1 Å². The summed E-state index contributed by atoms with van der Waals surface area (Å²) < 4.78 is 10.6. The molecule has 0 unspecified atom stereocenters. The third kappa shape index (κ3) is 3.40. The van der Waals surface area contributed by atoms with Crippen LogP contribution in [0.15, 0.2) is 47.2 Å². The van der Waals surface area contributed by atoms with Gasteiger partial charge in [-0.15, -0.1) is 0 Å². The van der Waals surface area contributed by atoms with Crippen LogP contribution in [0.5, 0.6) is 11.8 Å². The lowest BCUT2D eigenvalue weighted by atomic mass is 10.1. The van der Waals surface area contributed by atoms with Crippen molar-refractivity contribution in [2.45, 2.75) is 20.3 Å². The summed E-state index contributed by atoms with van der Waals surface area (Å²) in [6.07, 6.45) is 3.83. The molecule has 24 heavy (non-hydrogen) atoms. The molecule has 0 atom stereocenters. The van der Waals surface area contributed by atoms with E-state index < -0.39 is 0 Å². The van der Waals surface area contributed by atoms with Gasteiger partial charge < -0.3 is 14.6 Å². The maximum absolute atomic E-state index is 12.4. The molecule has 3 aromatic rings. The molecule has 2 aromatic heterocycles. The SMILES string of the molecule is CCc1noc(C)c1C(=O)Nc1ccc(Oc2ncccn2)cc1. The smallest absolute Gasteiger partial charge is 0.321 e. The third-order valence-electron chi connectivity index (χ3n) is 3.36. The van der Waals surface area contributed by atoms with Gasteiger partial charge in [-0.2, -0.15) is 0 Å². The molecule has 0 fully saturated rings. The number of nitrogens with zero attached hydrogens (tertiary/aromatic N) is 3. The fraction of sp³-hybridized carbons (Fsp3) is 0.176. The number of hydrogen-bond donors (Lipinski definition) is 1. The third-order valence-corrected chi connectivity index (χ3v) is 3.36. The van der Waals surface area contributed by atoms with Gasteiger partial charge >= 0.3 is 6.01 Å². The zero-order chi connectivity index (χ0) is 16.9. The Balaban J connectivity index is 1.70. The molecular weight excluding hydrogens is 308 g/mol. The molecule has 0 saturated carbocycles. The topological polar surface area (TPSA) is 90.1 Å². The van der Waals surface area contributed by atoms with E-state index in [1.165, 1.54) is 0 Å². The second kappa shape index (κ2) is 6.91. The van der Waals surface area contributed by atoms with Crippen LogP contribution in [0.25, 0.3) is 0 Å². The van der Waals surface area contributed by atoms with E-state index in [1.54, 1.807) is 49.6 Å². The van der Waals surface area contributed by atoms with Gasteiger partial charge in [0.05, 0.1) is 5.69 Å². The number of ether oxygens (including phenoxy) is 1. The van der Waals surface area contributed by atoms with Crippen molar-refractivity contribution >= 4 is 11.6 Å². The number of nitrogens with one attached hydrogen (secondary N) is 1. The highest BCUT2D eigenvalue weighted by atomic mass is 16.5. The number of carbonyl (C=O) groups excluding carboxylic acids is 1. The summed E-state index contributed by atoms with van der Waals surface area (Å²) in [6, 6.07) is 8.92. The Morgan fingerprint density at radius 1 is 1.21 bits per heavy atom. The van der Waals surface area contributed by atoms with E-state index in [4.69, 9.17) is 9.26 Å². The van der Waals surface area contributed by atoms with E-state index in [0.717, 1.165) is 0 Å². The van der Waals surface area contributed by atoms with Gasteiger partial charge in [0.2, 0.25) is 0 Å². The standard InChI is InChI=1S/C17H16N4O3/c1-3-14-15(11(2)24-21-14)16(22)20-12-5-7-13(8-6-12)23-17-18-9-4-10-19-17/h4-10H,3H2,1-2H3,(H,20,22). The molecule has 0 saturated heterocycles. The molecule has 0 aliphatic heterocycles. The minimum Gasteiger partial charge on any atom is -0.424 e. The van der Waals surface area contributed by atoms with Crippen LogP contribution in [-0.4, -0.2) is 21.0 Å². The van der Waals surface area contributed by atoms with E-state index in [1.807, 2.05) is 6.92 Å². The van der Waals surface area contributed by atoms with Gasteiger partial charge in [0.15, 0.2) is 0 Å². The van der Waals surface area contributed by atoms with Gasteiger partial charge in [0.1, 0.15) is 17.1 Å². The largest absolute Gasteiger partial charge is 0.424 e. The van der Waals surface area contributed by atoms with Crippen molar-refractivity contribution in [2.75, 3.05) is 5.32 Å². The molecule has 7 nitrogen and oxygen atoms in total. The van der Waals surface area contributed by atoms with E-state index in [9.17, 15) is 4.79 Å². The van der Waals surface area contributed by atoms with E-state index >= 15 is 0 Å². The quantitative estimate of drug-likeness (QED) is 0.773. The summed E-state index contributed by atoms with van der Waals surface area (Å²) in [5.41, 5.74) is 1.77. The summed E-state index contributed by atoms with van der Waals surface area (Å²) in [5.74, 6) is 0.839. The number of carbonyl (C=O) groups is 1. The average Bonchev–Trinajstić information content (AvgIpc) is 2.98. The predicted molar refractivity (Wildman–Crippen MR) is 87.1 cm³/mol. The first-order valence-electron chi connectivity index (χ1n) is 7.48. The van der Waals surface area contributed by atoms with Crippen molar-refractivity contribution in [1.82, 2.24) is 15.1 Å². The highest BCUT2D eigenvalue weighted by Crippen LogP contribution is 2.21. The lowest BCUT2D eigenvalue weighted by Crippen LogP contribution is -2.14. The number of anilines is 1. The first-order valence-corrected chi connectivity index (χ1v) is 7.48. The molecule has 0 bridgehead atoms. The van der Waals surface area contributed by atoms with Crippen LogP contribution in [0.3, 0.4) is 0 Å². The average molecular weight is 324 g/mol. The summed E-state index contributed by atoms with van der Waals surface area (Å²) >= 11 is 0. The normalized spacial score (nSPS) is 10.4. The molecule has 1 amide bonds. The molecule has 7 heteroatoms. The summed E-state index contributed by atoms with van der Waals surface area (Å²) in [7, 11) is 0. The number of hydrogen-bond acceptors (Lipinski definition) is 6. The van der Waals surface area contributed by atoms with Gasteiger partial charge in [-0.25, -0.2) is 9.97 Å². The number of aromatic nitrogens is 3. The molecule has 1 aromatic carbocycles. The Bertz CT molecular complexity index is 829. The Morgan fingerprint density at radius 2 is 1.92 bits per heavy atom. The van der Waals surface area contributed by atoms with Crippen molar-refractivity contribution < 1.29 is 14.1 Å². The highest BCUT2D eigenvalue weighted by molar-refractivity contribution is 6.05. The molecule has 0 aliphatic carbocycles. The molecule has 3 rings (SSSR count). The molecular formula is C17H16N4O3. The van der Waals surface area contributed by atoms with Gasteiger partial charge in [-0.05, 0) is 43.7 Å². The lowest BCUT2D eigenvalue weighted by Gasteiger charge is -2.07. The zero-order valence-corrected chi connectivity index (χ0v) is 13.3. The Kier molecular flexibility index (Phi) is 4.51. The Labute approximate surface area is 138 Å². The maximum Gasteiger partial charge on any atom is 0.321 e. The summed E-state index contributed by atoms with van der Waals surface area (Å²) in [6.45, 7) is 3.64. The monoisotopic (exact) mass is 324 g/mol. The molecule has 2 heterocycles. The first-order chi connectivity index (χ1) is 11.7. The van der Waals surface area contributed by atoms with Crippen LogP contribution in [-0.2, 0) is 6.42 Å². The maximum atomic E-state index is 12.4. The van der Waals surface area contributed by atoms with E-state index in [0.29, 0.717) is 34.9 Å². The van der Waals surface area contributed by atoms with Gasteiger partial charge in [-0.1, -0.05) is 12.1 Å². The highest BCUT2D eigenvalue weighted by Gasteiger charge is 2.19. The number of amides is 1. The zero-order valence-electron chi connectivity index (χ0n) is 13.3. The van der Waals surface area contributed by atoms with Crippen molar-refractivity contribution in [1.29, 1.82) is 0 Å². The fourth-order valence-corrected chi connectivity index (χ4v) is 2.19. The minimum absolute atomic E-state index is 0.245. The van der Waals surface area contributed by atoms with Crippen LogP contribution in [0.2, 0.25) is 0 Å². The van der Waals surface area contributed by atoms with Gasteiger partial charge in [0.25, 0.3) is 5.91 Å². The lowest BCUT2D eigenvalue weighted by molar-refractivity contribution is 0.102. The molecule has 0 radical (unpaired) electrons. The van der Waals surface area contributed by atoms with Crippen molar-refractivity contribution in [3.63, 3.8) is 0 Å². The van der Waals surface area contributed by atoms with Crippen LogP contribution >= 0.6 is 0 Å². The van der Waals surface area contributed by atoms with Crippen LogP contribution in [0.1, 0.15) is 28.7 Å². The van der Waals surface area contributed by atoms with Crippen molar-refractivity contribution in [3.05, 3.63) is 59.7 Å². The number of rotatable bonds is 5. The van der Waals surface area contributed by atoms with Crippen LogP contribution in [0.4, 0.5) is 5.69 Å². The van der Waals surface area contributed by atoms with Crippen molar-refractivity contribution in [2.24, 2.45) is 0 Å². The molecule has 1 N–H and O–H groups in total. The minimum atomic E-state index is -0.245. The van der Waals surface area contributed by atoms with Crippen molar-refractivity contribution in [3.8, 4) is 11.8 Å². The molecule has 122 valence electrons. The number of benzene rings is 1. The first kappa shape index (κ1) is 15.7.